The Bertz CT molecular complexity index is 778. The first kappa shape index (κ1) is 30.9. The van der Waals surface area contributed by atoms with Crippen LogP contribution in [0.3, 0.4) is 0 Å². The van der Waals surface area contributed by atoms with Crippen molar-refractivity contribution in [2.75, 3.05) is 13.1 Å². The summed E-state index contributed by atoms with van der Waals surface area (Å²) >= 11 is 5.96. The molecule has 196 valence electrons. The van der Waals surface area contributed by atoms with Gasteiger partial charge in [0.15, 0.2) is 0 Å². The third kappa shape index (κ3) is 12.0. The van der Waals surface area contributed by atoms with E-state index in [1.807, 2.05) is 0 Å². The van der Waals surface area contributed by atoms with E-state index < -0.39 is 16.0 Å². The molecule has 0 radical (unpaired) electrons. The predicted octanol–water partition coefficient (Wildman–Crippen LogP) is 8.31. The molecule has 0 amide bonds. The van der Waals surface area contributed by atoms with E-state index in [4.69, 9.17) is 11.6 Å². The van der Waals surface area contributed by atoms with E-state index in [9.17, 15) is 18.3 Å². The Kier molecular flexibility index (Phi) is 16.6. The summed E-state index contributed by atoms with van der Waals surface area (Å²) in [5, 5.41) is 9.40. The molecule has 0 aliphatic carbocycles. The fourth-order valence-electron chi connectivity index (χ4n) is 4.17. The number of carboxylic acid groups (broad SMARTS) is 1. The van der Waals surface area contributed by atoms with Crippen LogP contribution in [0.1, 0.15) is 127 Å². The molecule has 0 aliphatic heterocycles. The normalized spacial score (nSPS) is 11.9. The van der Waals surface area contributed by atoms with Gasteiger partial charge in [0, 0.05) is 13.1 Å². The van der Waals surface area contributed by atoms with Crippen LogP contribution < -0.4 is 0 Å². The molecule has 0 saturated heterocycles. The Morgan fingerprint density at radius 1 is 0.765 bits per heavy atom. The van der Waals surface area contributed by atoms with E-state index in [0.717, 1.165) is 38.5 Å². The molecule has 1 aromatic carbocycles. The first-order valence-corrected chi connectivity index (χ1v) is 15.2. The average molecular weight is 516 g/mol. The minimum absolute atomic E-state index is 0.00781. The van der Waals surface area contributed by atoms with Gasteiger partial charge in [-0.15, -0.1) is 0 Å². The van der Waals surface area contributed by atoms with Crippen molar-refractivity contribution in [2.45, 2.75) is 121 Å². The van der Waals surface area contributed by atoms with E-state index in [2.05, 4.69) is 13.8 Å². The highest BCUT2D eigenvalue weighted by atomic mass is 35.5. The number of hydrogen-bond donors (Lipinski definition) is 1. The van der Waals surface area contributed by atoms with Gasteiger partial charge in [0.1, 0.15) is 0 Å². The number of nitrogens with zero attached hydrogens (tertiary/aromatic N) is 1. The maximum absolute atomic E-state index is 13.4. The van der Waals surface area contributed by atoms with Gasteiger partial charge in [-0.25, -0.2) is 13.2 Å². The Morgan fingerprint density at radius 3 is 1.59 bits per heavy atom. The maximum Gasteiger partial charge on any atom is 0.337 e. The van der Waals surface area contributed by atoms with Gasteiger partial charge in [0.05, 0.1) is 15.5 Å². The van der Waals surface area contributed by atoms with Gasteiger partial charge < -0.3 is 5.11 Å². The third-order valence-electron chi connectivity index (χ3n) is 6.33. The molecule has 0 spiro atoms. The van der Waals surface area contributed by atoms with E-state index in [0.29, 0.717) is 13.1 Å². The Labute approximate surface area is 213 Å². The summed E-state index contributed by atoms with van der Waals surface area (Å²) in [7, 11) is -3.77. The van der Waals surface area contributed by atoms with Crippen LogP contribution in [0.15, 0.2) is 23.1 Å². The van der Waals surface area contributed by atoms with E-state index >= 15 is 0 Å². The largest absolute Gasteiger partial charge is 0.478 e. The monoisotopic (exact) mass is 515 g/mol. The fraction of sp³-hybridized carbons (Fsp3) is 0.741. The summed E-state index contributed by atoms with van der Waals surface area (Å²) in [6.45, 7) is 5.36. The Morgan fingerprint density at radius 2 is 1.18 bits per heavy atom. The second-order valence-electron chi connectivity index (χ2n) is 9.30. The second-order valence-corrected chi connectivity index (χ2v) is 11.6. The van der Waals surface area contributed by atoms with Gasteiger partial charge >= 0.3 is 5.97 Å². The SMILES string of the molecule is CCCCCCCCCCN(CCCCCCCCCC)S(=O)(=O)c1ccc(Cl)c(C(=O)O)c1. The smallest absolute Gasteiger partial charge is 0.337 e. The number of hydrogen-bond acceptors (Lipinski definition) is 3. The number of unbranched alkanes of at least 4 members (excludes halogenated alkanes) is 14. The molecule has 0 bridgehead atoms. The van der Waals surface area contributed by atoms with Gasteiger partial charge in [-0.2, -0.15) is 4.31 Å². The third-order valence-corrected chi connectivity index (χ3v) is 8.55. The standard InChI is InChI=1S/C27H46ClNO4S/c1-3-5-7-9-11-13-15-17-21-29(22-18-16-14-12-10-8-6-4-2)34(32,33)24-19-20-26(28)25(23-24)27(30)31/h19-20,23H,3-18,21-22H2,1-2H3,(H,30,31). The summed E-state index contributed by atoms with van der Waals surface area (Å²) in [6.07, 6.45) is 18.4. The zero-order valence-electron chi connectivity index (χ0n) is 21.4. The molecule has 0 fully saturated rings. The molecule has 0 unspecified atom stereocenters. The molecule has 0 heterocycles. The van der Waals surface area contributed by atoms with E-state index in [-0.39, 0.29) is 15.5 Å². The minimum Gasteiger partial charge on any atom is -0.478 e. The van der Waals surface area contributed by atoms with Crippen LogP contribution in [-0.2, 0) is 10.0 Å². The van der Waals surface area contributed by atoms with Crippen molar-refractivity contribution in [1.82, 2.24) is 4.31 Å². The molecule has 0 saturated carbocycles. The molecule has 0 aromatic heterocycles. The molecule has 1 N–H and O–H groups in total. The molecular formula is C27H46ClNO4S. The molecular weight excluding hydrogens is 470 g/mol. The number of benzene rings is 1. The van der Waals surface area contributed by atoms with Crippen LogP contribution in [0, 0.1) is 0 Å². The van der Waals surface area contributed by atoms with Gasteiger partial charge in [0.2, 0.25) is 10.0 Å². The molecule has 5 nitrogen and oxygen atoms in total. The lowest BCUT2D eigenvalue weighted by Crippen LogP contribution is -2.33. The predicted molar refractivity (Wildman–Crippen MR) is 142 cm³/mol. The Balaban J connectivity index is 2.70. The highest BCUT2D eigenvalue weighted by molar-refractivity contribution is 7.89. The minimum atomic E-state index is -3.77. The summed E-state index contributed by atoms with van der Waals surface area (Å²) < 4.78 is 28.3. The van der Waals surface area contributed by atoms with Gasteiger partial charge in [-0.3, -0.25) is 0 Å². The lowest BCUT2D eigenvalue weighted by molar-refractivity contribution is 0.0697. The quantitative estimate of drug-likeness (QED) is 0.167. The summed E-state index contributed by atoms with van der Waals surface area (Å²) in [5.74, 6) is -1.22. The fourth-order valence-corrected chi connectivity index (χ4v) is 5.92. The van der Waals surface area contributed by atoms with Crippen molar-refractivity contribution in [3.05, 3.63) is 28.8 Å². The first-order chi connectivity index (χ1) is 16.3. The molecule has 0 aliphatic rings. The summed E-state index contributed by atoms with van der Waals surface area (Å²) in [5.41, 5.74) is -0.179. The van der Waals surface area contributed by atoms with Crippen LogP contribution in [-0.4, -0.2) is 36.9 Å². The van der Waals surface area contributed by atoms with Crippen molar-refractivity contribution < 1.29 is 18.3 Å². The highest BCUT2D eigenvalue weighted by Crippen LogP contribution is 2.24. The molecule has 7 heteroatoms. The number of carbonyl (C=O) groups is 1. The van der Waals surface area contributed by atoms with Gasteiger partial charge in [0.25, 0.3) is 0 Å². The molecule has 0 atom stereocenters. The average Bonchev–Trinajstić information content (AvgIpc) is 2.80. The van der Waals surface area contributed by atoms with Crippen LogP contribution in [0.2, 0.25) is 5.02 Å². The second kappa shape index (κ2) is 18.2. The topological polar surface area (TPSA) is 74.7 Å². The summed E-state index contributed by atoms with van der Waals surface area (Å²) in [6, 6.07) is 3.97. The van der Waals surface area contributed by atoms with E-state index in [1.54, 1.807) is 4.31 Å². The van der Waals surface area contributed by atoms with Crippen molar-refractivity contribution in [3.8, 4) is 0 Å². The lowest BCUT2D eigenvalue weighted by atomic mass is 10.1. The van der Waals surface area contributed by atoms with Crippen molar-refractivity contribution >= 4 is 27.6 Å². The van der Waals surface area contributed by atoms with Crippen molar-refractivity contribution in [3.63, 3.8) is 0 Å². The van der Waals surface area contributed by atoms with Crippen LogP contribution in [0.25, 0.3) is 0 Å². The zero-order chi connectivity index (χ0) is 25.2. The Hall–Kier alpha value is -1.11. The lowest BCUT2D eigenvalue weighted by Gasteiger charge is -2.23. The van der Waals surface area contributed by atoms with Crippen LogP contribution in [0.5, 0.6) is 0 Å². The number of halogens is 1. The van der Waals surface area contributed by atoms with E-state index in [1.165, 1.54) is 82.4 Å². The maximum atomic E-state index is 13.4. The van der Waals surface area contributed by atoms with Gasteiger partial charge in [-0.05, 0) is 31.0 Å². The van der Waals surface area contributed by atoms with Crippen LogP contribution in [0.4, 0.5) is 0 Å². The van der Waals surface area contributed by atoms with Crippen LogP contribution >= 0.6 is 11.6 Å². The number of sulfonamides is 1. The number of rotatable bonds is 21. The number of carboxylic acids is 1. The highest BCUT2D eigenvalue weighted by Gasteiger charge is 2.25. The summed E-state index contributed by atoms with van der Waals surface area (Å²) in [4.78, 5) is 11.5. The van der Waals surface area contributed by atoms with Crippen molar-refractivity contribution in [1.29, 1.82) is 0 Å². The zero-order valence-corrected chi connectivity index (χ0v) is 22.9. The first-order valence-electron chi connectivity index (χ1n) is 13.4. The van der Waals surface area contributed by atoms with Crippen molar-refractivity contribution in [2.24, 2.45) is 0 Å². The van der Waals surface area contributed by atoms with Gasteiger partial charge in [-0.1, -0.05) is 115 Å². The molecule has 1 aromatic rings. The number of aromatic carboxylic acids is 1. The molecule has 1 rings (SSSR count). The molecule has 34 heavy (non-hydrogen) atoms.